The minimum absolute atomic E-state index is 0.0359. The van der Waals surface area contributed by atoms with Crippen LogP contribution in [0.4, 0.5) is 21.5 Å². The number of nitrogen functional groups attached to an aromatic ring is 1. The monoisotopic (exact) mass is 314 g/mol. The van der Waals surface area contributed by atoms with E-state index in [2.05, 4.69) is 21.2 Å². The molecule has 0 radical (unpaired) electrons. The molecule has 0 fully saturated rings. The van der Waals surface area contributed by atoms with Gasteiger partial charge in [-0.1, -0.05) is 23.7 Å². The van der Waals surface area contributed by atoms with Crippen molar-refractivity contribution in [1.29, 1.82) is 0 Å². The van der Waals surface area contributed by atoms with Gasteiger partial charge in [-0.3, -0.25) is 0 Å². The van der Waals surface area contributed by atoms with E-state index >= 15 is 0 Å². The third-order valence-electron chi connectivity index (χ3n) is 2.24. The summed E-state index contributed by atoms with van der Waals surface area (Å²) in [6, 6.07) is 10.2. The maximum atomic E-state index is 13.1. The van der Waals surface area contributed by atoms with Gasteiger partial charge in [0.25, 0.3) is 0 Å². The van der Waals surface area contributed by atoms with Gasteiger partial charge < -0.3 is 11.1 Å². The number of halogens is 3. The molecule has 0 aliphatic carbocycles. The Morgan fingerprint density at radius 1 is 1.18 bits per heavy atom. The number of hydrogen-bond donors (Lipinski definition) is 2. The Hall–Kier alpha value is -1.26. The number of rotatable bonds is 2. The largest absolute Gasteiger partial charge is 0.397 e. The first-order valence-corrected chi connectivity index (χ1v) is 6.01. The van der Waals surface area contributed by atoms with Crippen molar-refractivity contribution < 1.29 is 4.39 Å². The zero-order chi connectivity index (χ0) is 12.4. The van der Waals surface area contributed by atoms with Crippen LogP contribution in [0, 0.1) is 5.82 Å². The molecule has 0 atom stereocenters. The van der Waals surface area contributed by atoms with Crippen molar-refractivity contribution in [3.05, 3.63) is 51.7 Å². The standard InChI is InChI=1S/C12H9BrClFN2/c13-7-3-1-2-4-11(7)17-12-5-8(14)9(15)6-10(12)16/h1-6,17H,16H2. The average Bonchev–Trinajstić information content (AvgIpc) is 2.29. The highest BCUT2D eigenvalue weighted by Crippen LogP contribution is 2.31. The summed E-state index contributed by atoms with van der Waals surface area (Å²) in [4.78, 5) is 0. The molecule has 2 rings (SSSR count). The Morgan fingerprint density at radius 2 is 1.88 bits per heavy atom. The van der Waals surface area contributed by atoms with Crippen LogP contribution in [0.5, 0.6) is 0 Å². The van der Waals surface area contributed by atoms with Crippen LogP contribution in [0.1, 0.15) is 0 Å². The van der Waals surface area contributed by atoms with E-state index in [1.165, 1.54) is 12.1 Å². The van der Waals surface area contributed by atoms with Crippen LogP contribution in [0.2, 0.25) is 5.02 Å². The summed E-state index contributed by atoms with van der Waals surface area (Å²) in [5.41, 5.74) is 7.43. The molecule has 17 heavy (non-hydrogen) atoms. The summed E-state index contributed by atoms with van der Waals surface area (Å²) < 4.78 is 14.0. The molecule has 2 aromatic rings. The summed E-state index contributed by atoms with van der Waals surface area (Å²) in [5.74, 6) is -0.526. The fraction of sp³-hybridized carbons (Fsp3) is 0. The molecule has 0 unspecified atom stereocenters. The Balaban J connectivity index is 2.37. The minimum atomic E-state index is -0.526. The van der Waals surface area contributed by atoms with Gasteiger partial charge in [0.05, 0.1) is 22.1 Å². The van der Waals surface area contributed by atoms with E-state index in [1.54, 1.807) is 0 Å². The SMILES string of the molecule is Nc1cc(F)c(Cl)cc1Nc1ccccc1Br. The molecule has 0 heterocycles. The third kappa shape index (κ3) is 2.70. The van der Waals surface area contributed by atoms with Gasteiger partial charge in [0, 0.05) is 10.5 Å². The first-order valence-electron chi connectivity index (χ1n) is 4.84. The van der Waals surface area contributed by atoms with Crippen molar-refractivity contribution in [3.63, 3.8) is 0 Å². The molecular formula is C12H9BrClFN2. The lowest BCUT2D eigenvalue weighted by Crippen LogP contribution is -1.98. The molecule has 88 valence electrons. The second-order valence-electron chi connectivity index (χ2n) is 3.46. The molecule has 0 spiro atoms. The van der Waals surface area contributed by atoms with Crippen molar-refractivity contribution in [2.75, 3.05) is 11.1 Å². The van der Waals surface area contributed by atoms with Gasteiger partial charge in [0.2, 0.25) is 0 Å². The van der Waals surface area contributed by atoms with Gasteiger partial charge in [-0.15, -0.1) is 0 Å². The number of nitrogens with two attached hydrogens (primary N) is 1. The van der Waals surface area contributed by atoms with Crippen LogP contribution in [0.15, 0.2) is 40.9 Å². The number of nitrogens with one attached hydrogen (secondary N) is 1. The second kappa shape index (κ2) is 4.94. The van der Waals surface area contributed by atoms with E-state index in [0.717, 1.165) is 10.2 Å². The Bertz CT molecular complexity index is 560. The second-order valence-corrected chi connectivity index (χ2v) is 4.72. The number of para-hydroxylation sites is 1. The quantitative estimate of drug-likeness (QED) is 0.797. The molecule has 2 aromatic carbocycles. The highest BCUT2D eigenvalue weighted by Gasteiger charge is 2.07. The molecular weight excluding hydrogens is 307 g/mol. The fourth-order valence-corrected chi connectivity index (χ4v) is 1.93. The maximum Gasteiger partial charge on any atom is 0.143 e. The van der Waals surface area contributed by atoms with Gasteiger partial charge in [0.15, 0.2) is 0 Å². The molecule has 0 saturated heterocycles. The molecule has 3 N–H and O–H groups in total. The predicted molar refractivity (Wildman–Crippen MR) is 73.2 cm³/mol. The highest BCUT2D eigenvalue weighted by atomic mass is 79.9. The van der Waals surface area contributed by atoms with Crippen molar-refractivity contribution in [3.8, 4) is 0 Å². The predicted octanol–water partition coefficient (Wildman–Crippen LogP) is 4.57. The first kappa shape index (κ1) is 12.2. The number of benzene rings is 2. The van der Waals surface area contributed by atoms with Crippen LogP contribution >= 0.6 is 27.5 Å². The van der Waals surface area contributed by atoms with E-state index in [1.807, 2.05) is 24.3 Å². The van der Waals surface area contributed by atoms with Gasteiger partial charge >= 0.3 is 0 Å². The van der Waals surface area contributed by atoms with E-state index < -0.39 is 5.82 Å². The lowest BCUT2D eigenvalue weighted by molar-refractivity contribution is 0.629. The van der Waals surface area contributed by atoms with E-state index in [4.69, 9.17) is 17.3 Å². The molecule has 0 aliphatic heterocycles. The lowest BCUT2D eigenvalue weighted by atomic mass is 10.2. The summed E-state index contributed by atoms with van der Waals surface area (Å²) in [7, 11) is 0. The van der Waals surface area contributed by atoms with Gasteiger partial charge in [-0.05, 0) is 34.1 Å². The summed E-state index contributed by atoms with van der Waals surface area (Å²) in [6.45, 7) is 0. The number of anilines is 3. The van der Waals surface area contributed by atoms with E-state index in [-0.39, 0.29) is 5.02 Å². The van der Waals surface area contributed by atoms with Crippen LogP contribution in [-0.4, -0.2) is 0 Å². The summed E-state index contributed by atoms with van der Waals surface area (Å²) in [5, 5.41) is 3.12. The molecule has 0 amide bonds. The smallest absolute Gasteiger partial charge is 0.143 e. The van der Waals surface area contributed by atoms with Gasteiger partial charge in [-0.25, -0.2) is 4.39 Å². The molecule has 0 aromatic heterocycles. The zero-order valence-electron chi connectivity index (χ0n) is 8.68. The normalized spacial score (nSPS) is 10.3. The average molecular weight is 316 g/mol. The molecule has 0 saturated carbocycles. The van der Waals surface area contributed by atoms with E-state index in [0.29, 0.717) is 11.4 Å². The zero-order valence-corrected chi connectivity index (χ0v) is 11.0. The topological polar surface area (TPSA) is 38.0 Å². The Kier molecular flexibility index (Phi) is 3.54. The van der Waals surface area contributed by atoms with Crippen LogP contribution in [0.3, 0.4) is 0 Å². The molecule has 0 bridgehead atoms. The Morgan fingerprint density at radius 3 is 2.59 bits per heavy atom. The third-order valence-corrected chi connectivity index (χ3v) is 3.22. The fourth-order valence-electron chi connectivity index (χ4n) is 1.38. The van der Waals surface area contributed by atoms with Crippen LogP contribution in [-0.2, 0) is 0 Å². The number of hydrogen-bond acceptors (Lipinski definition) is 2. The van der Waals surface area contributed by atoms with E-state index in [9.17, 15) is 4.39 Å². The lowest BCUT2D eigenvalue weighted by Gasteiger charge is -2.11. The van der Waals surface area contributed by atoms with Crippen LogP contribution in [0.25, 0.3) is 0 Å². The van der Waals surface area contributed by atoms with Crippen molar-refractivity contribution >= 4 is 44.6 Å². The molecule has 2 nitrogen and oxygen atoms in total. The van der Waals surface area contributed by atoms with Gasteiger partial charge in [0.1, 0.15) is 5.82 Å². The van der Waals surface area contributed by atoms with Crippen molar-refractivity contribution in [2.24, 2.45) is 0 Å². The van der Waals surface area contributed by atoms with Crippen molar-refractivity contribution in [1.82, 2.24) is 0 Å². The summed E-state index contributed by atoms with van der Waals surface area (Å²) in [6.07, 6.45) is 0. The minimum Gasteiger partial charge on any atom is -0.397 e. The molecule has 5 heteroatoms. The highest BCUT2D eigenvalue weighted by molar-refractivity contribution is 9.10. The van der Waals surface area contributed by atoms with Crippen LogP contribution < -0.4 is 11.1 Å². The molecule has 0 aliphatic rings. The van der Waals surface area contributed by atoms with Gasteiger partial charge in [-0.2, -0.15) is 0 Å². The Labute approximate surface area is 112 Å². The summed E-state index contributed by atoms with van der Waals surface area (Å²) >= 11 is 9.11. The first-order chi connectivity index (χ1) is 8.08. The maximum absolute atomic E-state index is 13.1. The van der Waals surface area contributed by atoms with Crippen molar-refractivity contribution in [2.45, 2.75) is 0 Å².